The molecule has 0 aliphatic heterocycles. The number of nitrogens with two attached hydrogens (primary N) is 1. The maximum absolute atomic E-state index is 11.3. The quantitative estimate of drug-likeness (QED) is 0.791. The van der Waals surface area contributed by atoms with Crippen molar-refractivity contribution in [2.24, 2.45) is 0 Å². The van der Waals surface area contributed by atoms with Gasteiger partial charge in [-0.3, -0.25) is 4.98 Å². The van der Waals surface area contributed by atoms with E-state index in [9.17, 15) is 4.79 Å². The number of nitrogens with zero attached hydrogens (tertiary/aromatic N) is 1. The highest BCUT2D eigenvalue weighted by Crippen LogP contribution is 2.24. The molecule has 1 aliphatic carbocycles. The Kier molecular flexibility index (Phi) is 3.23. The van der Waals surface area contributed by atoms with Crippen LogP contribution in [-0.2, 0) is 4.74 Å². The molecule has 0 spiro atoms. The first-order valence-electron chi connectivity index (χ1n) is 5.43. The van der Waals surface area contributed by atoms with Crippen molar-refractivity contribution in [2.75, 3.05) is 12.8 Å². The van der Waals surface area contributed by atoms with Gasteiger partial charge in [0.15, 0.2) is 0 Å². The number of aromatic nitrogens is 1. The first kappa shape index (κ1) is 11.4. The van der Waals surface area contributed by atoms with E-state index in [1.165, 1.54) is 13.3 Å². The van der Waals surface area contributed by atoms with Crippen LogP contribution in [0.15, 0.2) is 30.5 Å². The summed E-state index contributed by atoms with van der Waals surface area (Å²) in [5, 5.41) is 0. The molecule has 4 nitrogen and oxygen atoms in total. The van der Waals surface area contributed by atoms with Gasteiger partial charge in [0.1, 0.15) is 0 Å². The van der Waals surface area contributed by atoms with Crippen LogP contribution in [0.1, 0.15) is 28.9 Å². The zero-order valence-electron chi connectivity index (χ0n) is 9.64. The first-order valence-corrected chi connectivity index (χ1v) is 5.43. The Bertz CT molecular complexity index is 504. The molecule has 0 fully saturated rings. The Labute approximate surface area is 99.8 Å². The molecule has 88 valence electrons. The van der Waals surface area contributed by atoms with Gasteiger partial charge >= 0.3 is 5.97 Å². The van der Waals surface area contributed by atoms with E-state index in [0.717, 1.165) is 18.4 Å². The van der Waals surface area contributed by atoms with Crippen LogP contribution in [-0.4, -0.2) is 18.1 Å². The lowest BCUT2D eigenvalue weighted by Crippen LogP contribution is -2.05. The van der Waals surface area contributed by atoms with Gasteiger partial charge in [0.2, 0.25) is 0 Å². The fourth-order valence-corrected chi connectivity index (χ4v) is 1.74. The van der Waals surface area contributed by atoms with E-state index < -0.39 is 5.97 Å². The monoisotopic (exact) mass is 230 g/mol. The second kappa shape index (κ2) is 4.82. The van der Waals surface area contributed by atoms with Crippen molar-refractivity contribution >= 4 is 17.2 Å². The lowest BCUT2D eigenvalue weighted by molar-refractivity contribution is 0.0600. The molecule has 1 aromatic heterocycles. The lowest BCUT2D eigenvalue weighted by Gasteiger charge is -2.09. The minimum atomic E-state index is -0.427. The van der Waals surface area contributed by atoms with Gasteiger partial charge in [-0.25, -0.2) is 4.79 Å². The van der Waals surface area contributed by atoms with Crippen molar-refractivity contribution < 1.29 is 9.53 Å². The number of methoxy groups -OCH3 is 1. The third kappa shape index (κ3) is 2.36. The smallest absolute Gasteiger partial charge is 0.339 e. The first-order chi connectivity index (χ1) is 8.22. The number of rotatable bonds is 2. The highest BCUT2D eigenvalue weighted by Gasteiger charge is 2.11. The molecule has 2 rings (SSSR count). The van der Waals surface area contributed by atoms with Gasteiger partial charge in [0, 0.05) is 6.20 Å². The largest absolute Gasteiger partial charge is 0.465 e. The van der Waals surface area contributed by atoms with E-state index in [1.807, 2.05) is 6.08 Å². The van der Waals surface area contributed by atoms with Crippen LogP contribution in [0.3, 0.4) is 0 Å². The number of esters is 1. The number of pyridine rings is 1. The summed E-state index contributed by atoms with van der Waals surface area (Å²) in [7, 11) is 1.33. The van der Waals surface area contributed by atoms with E-state index in [2.05, 4.69) is 21.9 Å². The minimum Gasteiger partial charge on any atom is -0.465 e. The van der Waals surface area contributed by atoms with Gasteiger partial charge in [-0.2, -0.15) is 0 Å². The zero-order valence-corrected chi connectivity index (χ0v) is 9.64. The highest BCUT2D eigenvalue weighted by molar-refractivity contribution is 5.91. The molecule has 0 bridgehead atoms. The van der Waals surface area contributed by atoms with Crippen molar-refractivity contribution in [1.29, 1.82) is 0 Å². The van der Waals surface area contributed by atoms with Crippen LogP contribution >= 0.6 is 0 Å². The number of carbonyl (C=O) groups excluding carboxylic acids is 1. The Balaban J connectivity index is 2.35. The second-order valence-electron chi connectivity index (χ2n) is 3.79. The Morgan fingerprint density at radius 2 is 2.29 bits per heavy atom. The number of allylic oxidation sites excluding steroid dienone is 4. The van der Waals surface area contributed by atoms with Gasteiger partial charge in [-0.1, -0.05) is 18.2 Å². The Morgan fingerprint density at radius 1 is 1.47 bits per heavy atom. The average Bonchev–Trinajstić information content (AvgIpc) is 2.38. The SMILES string of the molecule is COC(=O)c1cnc(C2=CCCC=C2)c(N)c1. The average molecular weight is 230 g/mol. The Morgan fingerprint density at radius 3 is 2.88 bits per heavy atom. The summed E-state index contributed by atoms with van der Waals surface area (Å²) < 4.78 is 4.61. The van der Waals surface area contributed by atoms with Crippen LogP contribution in [0.5, 0.6) is 0 Å². The number of hydrogen-bond donors (Lipinski definition) is 1. The maximum Gasteiger partial charge on any atom is 0.339 e. The highest BCUT2D eigenvalue weighted by atomic mass is 16.5. The van der Waals surface area contributed by atoms with Crippen molar-refractivity contribution in [3.63, 3.8) is 0 Å². The normalized spacial score (nSPS) is 14.3. The van der Waals surface area contributed by atoms with Crippen LogP contribution in [0, 0.1) is 0 Å². The molecular weight excluding hydrogens is 216 g/mol. The molecule has 0 aromatic carbocycles. The summed E-state index contributed by atoms with van der Waals surface area (Å²) in [5.74, 6) is -0.427. The molecule has 0 atom stereocenters. The zero-order chi connectivity index (χ0) is 12.3. The van der Waals surface area contributed by atoms with E-state index in [0.29, 0.717) is 16.9 Å². The summed E-state index contributed by atoms with van der Waals surface area (Å²) in [6.45, 7) is 0. The molecule has 1 aliphatic rings. The van der Waals surface area contributed by atoms with E-state index >= 15 is 0 Å². The fraction of sp³-hybridized carbons (Fsp3) is 0.231. The summed E-state index contributed by atoms with van der Waals surface area (Å²) >= 11 is 0. The van der Waals surface area contributed by atoms with Gasteiger partial charge in [-0.15, -0.1) is 0 Å². The molecule has 1 aromatic rings. The maximum atomic E-state index is 11.3. The van der Waals surface area contributed by atoms with Gasteiger partial charge in [0.05, 0.1) is 24.1 Å². The van der Waals surface area contributed by atoms with Crippen molar-refractivity contribution in [1.82, 2.24) is 4.98 Å². The number of carbonyl (C=O) groups is 1. The molecule has 0 amide bonds. The third-order valence-electron chi connectivity index (χ3n) is 2.61. The molecule has 17 heavy (non-hydrogen) atoms. The summed E-state index contributed by atoms with van der Waals surface area (Å²) in [6, 6.07) is 1.59. The van der Waals surface area contributed by atoms with E-state index in [-0.39, 0.29) is 0 Å². The second-order valence-corrected chi connectivity index (χ2v) is 3.79. The van der Waals surface area contributed by atoms with Crippen LogP contribution in [0.25, 0.3) is 5.57 Å². The summed E-state index contributed by atoms with van der Waals surface area (Å²) in [5.41, 5.74) is 8.48. The van der Waals surface area contributed by atoms with E-state index in [1.54, 1.807) is 6.07 Å². The number of anilines is 1. The topological polar surface area (TPSA) is 65.2 Å². The molecule has 0 radical (unpaired) electrons. The van der Waals surface area contributed by atoms with Crippen LogP contribution < -0.4 is 5.73 Å². The Hall–Kier alpha value is -2.10. The fourth-order valence-electron chi connectivity index (χ4n) is 1.74. The number of ether oxygens (including phenoxy) is 1. The van der Waals surface area contributed by atoms with Gasteiger partial charge < -0.3 is 10.5 Å². The predicted molar refractivity (Wildman–Crippen MR) is 66.3 cm³/mol. The van der Waals surface area contributed by atoms with Crippen molar-refractivity contribution in [3.05, 3.63) is 41.7 Å². The molecule has 4 heteroatoms. The molecule has 1 heterocycles. The molecule has 2 N–H and O–H groups in total. The number of hydrogen-bond acceptors (Lipinski definition) is 4. The van der Waals surface area contributed by atoms with Gasteiger partial charge in [-0.05, 0) is 24.5 Å². The minimum absolute atomic E-state index is 0.370. The molecule has 0 unspecified atom stereocenters. The van der Waals surface area contributed by atoms with E-state index in [4.69, 9.17) is 5.73 Å². The molecule has 0 saturated carbocycles. The third-order valence-corrected chi connectivity index (χ3v) is 2.61. The van der Waals surface area contributed by atoms with Crippen molar-refractivity contribution in [3.8, 4) is 0 Å². The predicted octanol–water partition coefficient (Wildman–Crippen LogP) is 2.18. The summed E-state index contributed by atoms with van der Waals surface area (Å²) in [4.78, 5) is 15.5. The van der Waals surface area contributed by atoms with Crippen LogP contribution in [0.2, 0.25) is 0 Å². The van der Waals surface area contributed by atoms with Crippen molar-refractivity contribution in [2.45, 2.75) is 12.8 Å². The summed E-state index contributed by atoms with van der Waals surface area (Å²) in [6.07, 6.45) is 9.71. The molecule has 0 saturated heterocycles. The standard InChI is InChI=1S/C13H14N2O2/c1-17-13(16)10-7-11(14)12(15-8-10)9-5-3-2-4-6-9/h3,5-8H,2,4,14H2,1H3. The number of nitrogen functional groups attached to an aromatic ring is 1. The molecular formula is C13H14N2O2. The van der Waals surface area contributed by atoms with Gasteiger partial charge in [0.25, 0.3) is 0 Å². The van der Waals surface area contributed by atoms with Crippen LogP contribution in [0.4, 0.5) is 5.69 Å². The lowest BCUT2D eigenvalue weighted by atomic mass is 10.0.